The Hall–Kier alpha value is -2.59. The average Bonchev–Trinajstić information content (AvgIpc) is 3.27. The van der Waals surface area contributed by atoms with E-state index in [0.29, 0.717) is 23.5 Å². The van der Waals surface area contributed by atoms with E-state index >= 15 is 0 Å². The number of fused-ring (bicyclic) bond motifs is 2. The van der Waals surface area contributed by atoms with Gasteiger partial charge in [-0.25, -0.2) is 14.3 Å². The number of ether oxygens (including phenoxy) is 1. The van der Waals surface area contributed by atoms with E-state index in [1.807, 2.05) is 38.4 Å². The zero-order valence-corrected chi connectivity index (χ0v) is 19.7. The maximum atomic E-state index is 13.5. The maximum absolute atomic E-state index is 13.5. The standard InChI is InChI=1S/C23H24BrN5O3/c1-14-19(12-17-16-11-15(24)13-25-21(16)27-22(17)30)26-18-3-7-29(2,23(31)20(14)18)8-4-28-5-9-32-10-6-28/h3,7,11-13H,4-6,8-10H2,1-2H3,(H-,25,26,27,30,31)/p+1. The molecule has 5 rings (SSSR count). The van der Waals surface area contributed by atoms with Crippen LogP contribution in [0.2, 0.25) is 0 Å². The van der Waals surface area contributed by atoms with Crippen LogP contribution in [-0.4, -0.2) is 77.6 Å². The third kappa shape index (κ3) is 3.65. The van der Waals surface area contributed by atoms with E-state index in [2.05, 4.69) is 36.1 Å². The van der Waals surface area contributed by atoms with E-state index in [4.69, 9.17) is 4.74 Å². The van der Waals surface area contributed by atoms with Crippen LogP contribution in [0.5, 0.6) is 0 Å². The van der Waals surface area contributed by atoms with Gasteiger partial charge in [-0.1, -0.05) is 0 Å². The molecule has 2 aromatic heterocycles. The van der Waals surface area contributed by atoms with Crippen LogP contribution in [0.3, 0.4) is 0 Å². The fourth-order valence-electron chi connectivity index (χ4n) is 4.42. The number of carbonyl (C=O) groups excluding carboxylic acids is 2. The van der Waals surface area contributed by atoms with Crippen molar-refractivity contribution in [1.82, 2.24) is 14.9 Å². The largest absolute Gasteiger partial charge is 0.379 e. The third-order valence-electron chi connectivity index (χ3n) is 6.46. The molecule has 9 heteroatoms. The Morgan fingerprint density at radius 2 is 2.09 bits per heavy atom. The molecular formula is C23H25BrN5O3+. The molecule has 1 unspecified atom stereocenters. The van der Waals surface area contributed by atoms with E-state index in [1.54, 1.807) is 6.20 Å². The molecule has 3 aliphatic heterocycles. The second-order valence-electron chi connectivity index (χ2n) is 8.58. The van der Waals surface area contributed by atoms with Crippen LogP contribution >= 0.6 is 15.9 Å². The van der Waals surface area contributed by atoms with Gasteiger partial charge < -0.3 is 15.0 Å². The number of anilines is 1. The number of pyridine rings is 1. The molecule has 2 N–H and O–H groups in total. The molecule has 2 amide bonds. The average molecular weight is 499 g/mol. The first kappa shape index (κ1) is 21.3. The Kier molecular flexibility index (Phi) is 5.37. The molecule has 2 aromatic rings. The number of rotatable bonds is 4. The number of nitrogens with zero attached hydrogens (tertiary/aromatic N) is 3. The number of nitrogens with one attached hydrogen (secondary N) is 2. The summed E-state index contributed by atoms with van der Waals surface area (Å²) in [7, 11) is 1.96. The van der Waals surface area contributed by atoms with E-state index in [0.717, 1.165) is 59.8 Å². The predicted molar refractivity (Wildman–Crippen MR) is 126 cm³/mol. The van der Waals surface area contributed by atoms with Gasteiger partial charge in [0.15, 0.2) is 0 Å². The number of likely N-dealkylation sites (N-methyl/N-ethyl adjacent to an activating group) is 1. The van der Waals surface area contributed by atoms with E-state index in [-0.39, 0.29) is 16.3 Å². The quantitative estimate of drug-likeness (QED) is 0.499. The van der Waals surface area contributed by atoms with Crippen molar-refractivity contribution in [2.24, 2.45) is 0 Å². The van der Waals surface area contributed by atoms with Crippen molar-refractivity contribution in [3.8, 4) is 0 Å². The Bertz CT molecular complexity index is 1180. The van der Waals surface area contributed by atoms with Gasteiger partial charge in [0.2, 0.25) is 0 Å². The summed E-state index contributed by atoms with van der Waals surface area (Å²) in [6, 6.07) is 1.87. The van der Waals surface area contributed by atoms with Crippen molar-refractivity contribution >= 4 is 51.3 Å². The highest BCUT2D eigenvalue weighted by molar-refractivity contribution is 9.10. The molecule has 0 aromatic carbocycles. The smallest absolute Gasteiger partial charge is 0.352 e. The van der Waals surface area contributed by atoms with Gasteiger partial charge in [-0.3, -0.25) is 9.69 Å². The van der Waals surface area contributed by atoms with E-state index in [1.165, 1.54) is 0 Å². The minimum absolute atomic E-state index is 0.0647. The first-order valence-electron chi connectivity index (χ1n) is 10.7. The number of hydrogen-bond acceptors (Lipinski definition) is 5. The first-order valence-corrected chi connectivity index (χ1v) is 11.5. The lowest BCUT2D eigenvalue weighted by atomic mass is 10.0. The Morgan fingerprint density at radius 3 is 2.88 bits per heavy atom. The minimum Gasteiger partial charge on any atom is -0.379 e. The molecule has 1 fully saturated rings. The van der Waals surface area contributed by atoms with E-state index in [9.17, 15) is 9.59 Å². The highest BCUT2D eigenvalue weighted by atomic mass is 79.9. The van der Waals surface area contributed by atoms with Gasteiger partial charge in [-0.05, 0) is 40.6 Å². The van der Waals surface area contributed by atoms with Gasteiger partial charge >= 0.3 is 5.91 Å². The van der Waals surface area contributed by atoms with Crippen LogP contribution in [0.1, 0.15) is 32.9 Å². The van der Waals surface area contributed by atoms with Crippen molar-refractivity contribution in [2.45, 2.75) is 6.92 Å². The highest BCUT2D eigenvalue weighted by Crippen LogP contribution is 2.35. The van der Waals surface area contributed by atoms with E-state index < -0.39 is 0 Å². The second-order valence-corrected chi connectivity index (χ2v) is 9.50. The fourth-order valence-corrected chi connectivity index (χ4v) is 4.76. The summed E-state index contributed by atoms with van der Waals surface area (Å²) >= 11 is 3.42. The lowest BCUT2D eigenvalue weighted by molar-refractivity contribution is -0.774. The number of quaternary nitrogens is 1. The molecule has 0 radical (unpaired) electrons. The lowest BCUT2D eigenvalue weighted by Gasteiger charge is -2.33. The molecule has 32 heavy (non-hydrogen) atoms. The summed E-state index contributed by atoms with van der Waals surface area (Å²) in [6.07, 6.45) is 7.39. The molecular weight excluding hydrogens is 474 g/mol. The Balaban J connectivity index is 1.43. The summed E-state index contributed by atoms with van der Waals surface area (Å²) in [6.45, 7) is 6.76. The molecule has 8 nitrogen and oxygen atoms in total. The van der Waals surface area contributed by atoms with Crippen molar-refractivity contribution in [2.75, 3.05) is 51.8 Å². The van der Waals surface area contributed by atoms with Gasteiger partial charge in [-0.15, -0.1) is 0 Å². The van der Waals surface area contributed by atoms with Crippen LogP contribution in [0.25, 0.3) is 17.7 Å². The van der Waals surface area contributed by atoms with Gasteiger partial charge in [0.25, 0.3) is 5.91 Å². The fraction of sp³-hybridized carbons (Fsp3) is 0.348. The first-order chi connectivity index (χ1) is 15.4. The van der Waals surface area contributed by atoms with Crippen molar-refractivity contribution in [3.63, 3.8) is 0 Å². The predicted octanol–water partition coefficient (Wildman–Crippen LogP) is 2.88. The molecule has 0 bridgehead atoms. The summed E-state index contributed by atoms with van der Waals surface area (Å²) in [5.41, 5.74) is 4.34. The van der Waals surface area contributed by atoms with Crippen molar-refractivity contribution in [3.05, 3.63) is 51.0 Å². The number of H-pyrrole nitrogens is 1. The lowest BCUT2D eigenvalue weighted by Crippen LogP contribution is -2.51. The molecule has 1 saturated heterocycles. The number of aromatic amines is 1. The van der Waals surface area contributed by atoms with Crippen LogP contribution in [0.15, 0.2) is 22.9 Å². The van der Waals surface area contributed by atoms with Crippen LogP contribution in [-0.2, 0) is 9.53 Å². The van der Waals surface area contributed by atoms with Crippen LogP contribution < -0.4 is 5.32 Å². The van der Waals surface area contributed by atoms with Crippen LogP contribution in [0.4, 0.5) is 5.82 Å². The molecule has 0 saturated carbocycles. The summed E-state index contributed by atoms with van der Waals surface area (Å²) in [4.78, 5) is 36.0. The molecule has 1 atom stereocenters. The number of hydrogen-bond donors (Lipinski definition) is 2. The minimum atomic E-state index is -0.203. The summed E-state index contributed by atoms with van der Waals surface area (Å²) in [5.74, 6) is 0.405. The normalized spacial score (nSPS) is 24.0. The SMILES string of the molecule is Cc1c(/C=C2\C(=O)Nc3ncc(Br)cc32)[nH]c2c1C(=O)[N+](C)(CCN1CCOCC1)C=C2. The number of amides is 2. The molecule has 3 aliphatic rings. The number of halogens is 1. The Morgan fingerprint density at radius 1 is 1.31 bits per heavy atom. The summed E-state index contributed by atoms with van der Waals surface area (Å²) in [5, 5.41) is 2.80. The topological polar surface area (TPSA) is 87.3 Å². The Labute approximate surface area is 194 Å². The second kappa shape index (κ2) is 8.08. The third-order valence-corrected chi connectivity index (χ3v) is 6.89. The monoisotopic (exact) mass is 498 g/mol. The number of carbonyl (C=O) groups is 2. The van der Waals surface area contributed by atoms with Crippen LogP contribution in [0, 0.1) is 6.92 Å². The zero-order chi connectivity index (χ0) is 22.5. The van der Waals surface area contributed by atoms with Gasteiger partial charge in [0, 0.05) is 47.6 Å². The summed E-state index contributed by atoms with van der Waals surface area (Å²) < 4.78 is 6.44. The van der Waals surface area contributed by atoms with Crippen molar-refractivity contribution in [1.29, 1.82) is 0 Å². The van der Waals surface area contributed by atoms with Gasteiger partial charge in [0.1, 0.15) is 24.1 Å². The van der Waals surface area contributed by atoms with Gasteiger partial charge in [-0.2, -0.15) is 0 Å². The highest BCUT2D eigenvalue weighted by Gasteiger charge is 2.39. The number of aromatic nitrogens is 2. The van der Waals surface area contributed by atoms with Gasteiger partial charge in [0.05, 0.1) is 31.5 Å². The molecule has 0 aliphatic carbocycles. The van der Waals surface area contributed by atoms with Crippen molar-refractivity contribution < 1.29 is 18.8 Å². The molecule has 166 valence electrons. The molecule has 0 spiro atoms. The number of morpholine rings is 1. The zero-order valence-electron chi connectivity index (χ0n) is 18.1. The molecule has 5 heterocycles. The maximum Gasteiger partial charge on any atom is 0.352 e.